The van der Waals surface area contributed by atoms with Gasteiger partial charge < -0.3 is 15.4 Å². The maximum Gasteiger partial charge on any atom is 0.306 e. The Morgan fingerprint density at radius 2 is 1.90 bits per heavy atom. The summed E-state index contributed by atoms with van der Waals surface area (Å²) in [6.45, 7) is -0.263. The number of aryl methyl sites for hydroxylation is 1. The third-order valence-corrected chi connectivity index (χ3v) is 5.09. The van der Waals surface area contributed by atoms with Gasteiger partial charge in [-0.05, 0) is 48.9 Å². The van der Waals surface area contributed by atoms with Crippen LogP contribution in [0.4, 0.5) is 8.78 Å². The normalized spacial score (nSPS) is 15.0. The van der Waals surface area contributed by atoms with Crippen molar-refractivity contribution in [2.24, 2.45) is 0 Å². The first-order chi connectivity index (χ1) is 14.9. The molecule has 3 rings (SSSR count). The van der Waals surface area contributed by atoms with Crippen LogP contribution in [-0.4, -0.2) is 30.9 Å². The van der Waals surface area contributed by atoms with E-state index in [4.69, 9.17) is 4.74 Å². The van der Waals surface area contributed by atoms with Crippen LogP contribution in [0.3, 0.4) is 0 Å². The zero-order valence-corrected chi connectivity index (χ0v) is 17.0. The number of hydrogen-bond acceptors (Lipinski definition) is 4. The molecule has 1 unspecified atom stereocenters. The molecule has 0 radical (unpaired) electrons. The highest BCUT2D eigenvalue weighted by Gasteiger charge is 2.21. The zero-order chi connectivity index (χ0) is 22.2. The Morgan fingerprint density at radius 1 is 1.10 bits per heavy atom. The van der Waals surface area contributed by atoms with Crippen molar-refractivity contribution >= 4 is 17.8 Å². The summed E-state index contributed by atoms with van der Waals surface area (Å²) in [4.78, 5) is 35.8. The minimum absolute atomic E-state index is 0.00821. The molecule has 2 amide bonds. The van der Waals surface area contributed by atoms with Crippen LogP contribution in [-0.2, 0) is 20.7 Å². The molecular weight excluding hydrogens is 406 g/mol. The zero-order valence-electron chi connectivity index (χ0n) is 17.0. The monoisotopic (exact) mass is 430 g/mol. The lowest BCUT2D eigenvalue weighted by atomic mass is 9.88. The average Bonchev–Trinajstić information content (AvgIpc) is 2.75. The quantitative estimate of drug-likeness (QED) is 0.498. The van der Waals surface area contributed by atoms with Crippen LogP contribution in [0.2, 0.25) is 0 Å². The molecule has 2 aromatic carbocycles. The van der Waals surface area contributed by atoms with E-state index in [1.54, 1.807) is 0 Å². The highest BCUT2D eigenvalue weighted by Crippen LogP contribution is 2.29. The van der Waals surface area contributed by atoms with Crippen molar-refractivity contribution in [2.45, 2.75) is 38.1 Å². The maximum atomic E-state index is 13.6. The number of fused-ring (bicyclic) bond motifs is 1. The predicted octanol–water partition coefficient (Wildman–Crippen LogP) is 3.21. The number of halogens is 2. The fourth-order valence-electron chi connectivity index (χ4n) is 3.56. The molecule has 2 aromatic rings. The molecule has 0 aliphatic heterocycles. The van der Waals surface area contributed by atoms with Gasteiger partial charge in [-0.15, -0.1) is 0 Å². The third kappa shape index (κ3) is 6.34. The van der Waals surface area contributed by atoms with E-state index in [1.165, 1.54) is 5.56 Å². The predicted molar refractivity (Wildman–Crippen MR) is 109 cm³/mol. The number of ether oxygens (including phenoxy) is 1. The summed E-state index contributed by atoms with van der Waals surface area (Å²) in [5, 5.41) is 5.36. The average molecular weight is 430 g/mol. The van der Waals surface area contributed by atoms with E-state index in [0.29, 0.717) is 6.07 Å². The topological polar surface area (TPSA) is 84.5 Å². The van der Waals surface area contributed by atoms with Crippen molar-refractivity contribution in [3.05, 3.63) is 70.8 Å². The van der Waals surface area contributed by atoms with Gasteiger partial charge in [0.15, 0.2) is 6.61 Å². The molecule has 0 heterocycles. The molecular formula is C23H24F2N2O4. The lowest BCUT2D eigenvalue weighted by Gasteiger charge is -2.26. The van der Waals surface area contributed by atoms with Crippen molar-refractivity contribution < 1.29 is 27.9 Å². The first-order valence-corrected chi connectivity index (χ1v) is 10.2. The molecule has 31 heavy (non-hydrogen) atoms. The largest absolute Gasteiger partial charge is 0.456 e. The molecule has 0 saturated heterocycles. The van der Waals surface area contributed by atoms with Crippen LogP contribution in [0.25, 0.3) is 0 Å². The molecule has 0 saturated carbocycles. The summed E-state index contributed by atoms with van der Waals surface area (Å²) in [6, 6.07) is 10.6. The molecule has 0 aromatic heterocycles. The number of nitrogens with one attached hydrogen (secondary N) is 2. The van der Waals surface area contributed by atoms with E-state index in [2.05, 4.69) is 16.7 Å². The smallest absolute Gasteiger partial charge is 0.306 e. The van der Waals surface area contributed by atoms with Crippen molar-refractivity contribution in [3.8, 4) is 0 Å². The Labute approximate surface area is 179 Å². The fourth-order valence-corrected chi connectivity index (χ4v) is 3.56. The second kappa shape index (κ2) is 10.7. The Morgan fingerprint density at radius 3 is 2.71 bits per heavy atom. The van der Waals surface area contributed by atoms with Gasteiger partial charge in [-0.1, -0.05) is 24.3 Å². The molecule has 6 nitrogen and oxygen atoms in total. The lowest BCUT2D eigenvalue weighted by Crippen LogP contribution is -2.34. The number of carbonyl (C=O) groups is 3. The van der Waals surface area contributed by atoms with E-state index < -0.39 is 23.5 Å². The Hall–Kier alpha value is -3.29. The van der Waals surface area contributed by atoms with Gasteiger partial charge in [0.2, 0.25) is 0 Å². The first-order valence-electron chi connectivity index (χ1n) is 10.2. The van der Waals surface area contributed by atoms with Gasteiger partial charge in [-0.25, -0.2) is 8.78 Å². The van der Waals surface area contributed by atoms with E-state index >= 15 is 0 Å². The number of amides is 2. The SMILES string of the molecule is O=C(COC(=O)CCCNC(=O)c1ccc(F)cc1F)NC1CCCc2ccccc21. The van der Waals surface area contributed by atoms with Gasteiger partial charge >= 0.3 is 5.97 Å². The minimum atomic E-state index is -0.955. The van der Waals surface area contributed by atoms with Crippen molar-refractivity contribution in [2.75, 3.05) is 13.2 Å². The summed E-state index contributed by atoms with van der Waals surface area (Å²) in [7, 11) is 0. The number of carbonyl (C=O) groups excluding carboxylic acids is 3. The van der Waals surface area contributed by atoms with Gasteiger partial charge in [0, 0.05) is 19.0 Å². The van der Waals surface area contributed by atoms with Crippen LogP contribution < -0.4 is 10.6 Å². The number of rotatable bonds is 8. The van der Waals surface area contributed by atoms with Crippen molar-refractivity contribution in [3.63, 3.8) is 0 Å². The van der Waals surface area contributed by atoms with Gasteiger partial charge in [0.05, 0.1) is 11.6 Å². The van der Waals surface area contributed by atoms with Crippen molar-refractivity contribution in [1.29, 1.82) is 0 Å². The van der Waals surface area contributed by atoms with Crippen LogP contribution >= 0.6 is 0 Å². The van der Waals surface area contributed by atoms with Crippen LogP contribution in [0.15, 0.2) is 42.5 Å². The summed E-state index contributed by atoms with van der Waals surface area (Å²) < 4.78 is 31.4. The van der Waals surface area contributed by atoms with E-state index in [0.717, 1.165) is 37.0 Å². The molecule has 1 atom stereocenters. The van der Waals surface area contributed by atoms with Gasteiger partial charge in [-0.2, -0.15) is 0 Å². The van der Waals surface area contributed by atoms with Gasteiger partial charge in [-0.3, -0.25) is 14.4 Å². The van der Waals surface area contributed by atoms with E-state index in [1.807, 2.05) is 18.2 Å². The Kier molecular flexibility index (Phi) is 7.70. The molecule has 2 N–H and O–H groups in total. The third-order valence-electron chi connectivity index (χ3n) is 5.09. The molecule has 0 spiro atoms. The number of esters is 1. The standard InChI is InChI=1S/C23H24F2N2O4/c24-16-10-11-18(19(25)13-16)23(30)26-12-4-9-22(29)31-14-21(28)27-20-8-3-6-15-5-1-2-7-17(15)20/h1-2,5,7,10-11,13,20H,3-4,6,8-9,12,14H2,(H,26,30)(H,27,28). The summed E-state index contributed by atoms with van der Waals surface area (Å²) in [5.41, 5.74) is 2.05. The minimum Gasteiger partial charge on any atom is -0.456 e. The summed E-state index contributed by atoms with van der Waals surface area (Å²) >= 11 is 0. The van der Waals surface area contributed by atoms with Crippen molar-refractivity contribution in [1.82, 2.24) is 10.6 Å². The number of hydrogen-bond donors (Lipinski definition) is 2. The summed E-state index contributed by atoms with van der Waals surface area (Å²) in [5.74, 6) is -3.36. The molecule has 0 bridgehead atoms. The first kappa shape index (κ1) is 22.4. The second-order valence-corrected chi connectivity index (χ2v) is 7.36. The van der Waals surface area contributed by atoms with Crippen LogP contribution in [0.5, 0.6) is 0 Å². The van der Waals surface area contributed by atoms with E-state index in [-0.39, 0.29) is 43.5 Å². The van der Waals surface area contributed by atoms with Gasteiger partial charge in [0.1, 0.15) is 11.6 Å². The molecule has 164 valence electrons. The fraction of sp³-hybridized carbons (Fsp3) is 0.348. The lowest BCUT2D eigenvalue weighted by molar-refractivity contribution is -0.148. The highest BCUT2D eigenvalue weighted by atomic mass is 19.1. The Bertz CT molecular complexity index is 964. The van der Waals surface area contributed by atoms with Crippen LogP contribution in [0, 0.1) is 11.6 Å². The second-order valence-electron chi connectivity index (χ2n) is 7.36. The highest BCUT2D eigenvalue weighted by molar-refractivity contribution is 5.94. The van der Waals surface area contributed by atoms with Gasteiger partial charge in [0.25, 0.3) is 11.8 Å². The molecule has 0 fully saturated rings. The van der Waals surface area contributed by atoms with Crippen LogP contribution in [0.1, 0.15) is 53.2 Å². The number of benzene rings is 2. The maximum absolute atomic E-state index is 13.6. The molecule has 8 heteroatoms. The summed E-state index contributed by atoms with van der Waals surface area (Å²) in [6.07, 6.45) is 3.05. The Balaban J connectivity index is 1.34. The van der Waals surface area contributed by atoms with E-state index in [9.17, 15) is 23.2 Å². The molecule has 1 aliphatic carbocycles. The molecule has 1 aliphatic rings.